The quantitative estimate of drug-likeness (QED) is 0.616. The van der Waals surface area contributed by atoms with Crippen LogP contribution in [0.1, 0.15) is 5.56 Å². The Hall–Kier alpha value is -1.88. The van der Waals surface area contributed by atoms with Gasteiger partial charge in [-0.3, -0.25) is 10.1 Å². The van der Waals surface area contributed by atoms with Gasteiger partial charge in [-0.1, -0.05) is 17.8 Å². The minimum Gasteiger partial charge on any atom is -0.258 e. The van der Waals surface area contributed by atoms with Gasteiger partial charge in [-0.2, -0.15) is 0 Å². The number of aryl methyl sites for hydroxylation is 1. The zero-order valence-corrected chi connectivity index (χ0v) is 10.4. The number of benzene rings is 2. The van der Waals surface area contributed by atoms with Gasteiger partial charge in [0.05, 0.1) is 9.82 Å². The van der Waals surface area contributed by atoms with Gasteiger partial charge in [0.2, 0.25) is 0 Å². The van der Waals surface area contributed by atoms with E-state index in [2.05, 4.69) is 0 Å². The number of hydrogen-bond acceptors (Lipinski definition) is 3. The molecule has 0 aromatic heterocycles. The molecule has 0 aliphatic carbocycles. The van der Waals surface area contributed by atoms with Crippen molar-refractivity contribution in [3.63, 3.8) is 0 Å². The fourth-order valence-corrected chi connectivity index (χ4v) is 2.39. The van der Waals surface area contributed by atoms with E-state index in [0.717, 1.165) is 10.5 Å². The van der Waals surface area contributed by atoms with Crippen molar-refractivity contribution in [1.29, 1.82) is 0 Å². The molecular weight excluding hydrogens is 253 g/mol. The van der Waals surface area contributed by atoms with Gasteiger partial charge in [0.1, 0.15) is 5.82 Å². The van der Waals surface area contributed by atoms with Crippen molar-refractivity contribution in [2.24, 2.45) is 0 Å². The van der Waals surface area contributed by atoms with Crippen molar-refractivity contribution >= 4 is 17.4 Å². The lowest BCUT2D eigenvalue weighted by atomic mass is 10.2. The molecule has 0 amide bonds. The maximum absolute atomic E-state index is 12.8. The highest BCUT2D eigenvalue weighted by atomic mass is 32.2. The standard InChI is InChI=1S/C13H10FNO2S/c1-9-2-7-13(12(8-9)15(16)17)18-11-5-3-10(14)4-6-11/h2-8H,1H3. The van der Waals surface area contributed by atoms with Crippen LogP contribution >= 0.6 is 11.8 Å². The smallest absolute Gasteiger partial charge is 0.258 e. The fourth-order valence-electron chi connectivity index (χ4n) is 1.49. The Bertz CT molecular complexity index is 584. The van der Waals surface area contributed by atoms with E-state index in [1.807, 2.05) is 6.07 Å². The highest BCUT2D eigenvalue weighted by Crippen LogP contribution is 2.35. The molecule has 0 unspecified atom stereocenters. The second-order valence-electron chi connectivity index (χ2n) is 3.78. The Morgan fingerprint density at radius 2 is 1.83 bits per heavy atom. The minimum absolute atomic E-state index is 0.0734. The number of nitro groups is 1. The van der Waals surface area contributed by atoms with Crippen molar-refractivity contribution in [2.75, 3.05) is 0 Å². The molecule has 0 saturated carbocycles. The Balaban J connectivity index is 2.34. The SMILES string of the molecule is Cc1ccc(Sc2ccc(F)cc2)c([N+](=O)[O-])c1. The topological polar surface area (TPSA) is 43.1 Å². The van der Waals surface area contributed by atoms with Crippen molar-refractivity contribution in [1.82, 2.24) is 0 Å². The van der Waals surface area contributed by atoms with Crippen molar-refractivity contribution in [2.45, 2.75) is 16.7 Å². The summed E-state index contributed by atoms with van der Waals surface area (Å²) >= 11 is 1.25. The second-order valence-corrected chi connectivity index (χ2v) is 4.90. The predicted molar refractivity (Wildman–Crippen MR) is 68.4 cm³/mol. The third-order valence-electron chi connectivity index (χ3n) is 2.35. The fraction of sp³-hybridized carbons (Fsp3) is 0.0769. The van der Waals surface area contributed by atoms with E-state index in [-0.39, 0.29) is 11.5 Å². The number of halogens is 1. The van der Waals surface area contributed by atoms with Crippen molar-refractivity contribution in [3.8, 4) is 0 Å². The number of nitrogens with zero attached hydrogens (tertiary/aromatic N) is 1. The largest absolute Gasteiger partial charge is 0.283 e. The summed E-state index contributed by atoms with van der Waals surface area (Å²) in [5.74, 6) is -0.322. The highest BCUT2D eigenvalue weighted by molar-refractivity contribution is 7.99. The van der Waals surface area contributed by atoms with Crippen LogP contribution in [-0.2, 0) is 0 Å². The lowest BCUT2D eigenvalue weighted by molar-refractivity contribution is -0.387. The average molecular weight is 263 g/mol. The molecule has 0 saturated heterocycles. The lowest BCUT2D eigenvalue weighted by Crippen LogP contribution is -1.91. The van der Waals surface area contributed by atoms with Crippen molar-refractivity contribution < 1.29 is 9.31 Å². The molecule has 0 aliphatic rings. The van der Waals surface area contributed by atoms with Crippen LogP contribution < -0.4 is 0 Å². The molecule has 18 heavy (non-hydrogen) atoms. The molecule has 5 heteroatoms. The molecule has 0 spiro atoms. The van der Waals surface area contributed by atoms with E-state index in [9.17, 15) is 14.5 Å². The summed E-state index contributed by atoms with van der Waals surface area (Å²) < 4.78 is 12.8. The summed E-state index contributed by atoms with van der Waals surface area (Å²) in [5, 5.41) is 11.0. The molecule has 92 valence electrons. The van der Waals surface area contributed by atoms with Gasteiger partial charge in [-0.05, 0) is 42.8 Å². The van der Waals surface area contributed by atoms with Crippen LogP contribution in [0.5, 0.6) is 0 Å². The van der Waals surface area contributed by atoms with E-state index in [4.69, 9.17) is 0 Å². The normalized spacial score (nSPS) is 10.3. The monoisotopic (exact) mass is 263 g/mol. The minimum atomic E-state index is -0.404. The number of rotatable bonds is 3. The lowest BCUT2D eigenvalue weighted by Gasteiger charge is -2.03. The maximum atomic E-state index is 12.8. The van der Waals surface area contributed by atoms with Gasteiger partial charge in [0.15, 0.2) is 0 Å². The first-order valence-electron chi connectivity index (χ1n) is 5.25. The maximum Gasteiger partial charge on any atom is 0.283 e. The predicted octanol–water partition coefficient (Wildman–Crippen LogP) is 4.19. The summed E-state index contributed by atoms with van der Waals surface area (Å²) in [5.41, 5.74) is 0.912. The summed E-state index contributed by atoms with van der Waals surface area (Å²) in [6.45, 7) is 1.80. The summed E-state index contributed by atoms with van der Waals surface area (Å²) in [7, 11) is 0. The van der Waals surface area contributed by atoms with E-state index in [1.165, 1.54) is 30.0 Å². The average Bonchev–Trinajstić information content (AvgIpc) is 2.34. The second kappa shape index (κ2) is 5.18. The van der Waals surface area contributed by atoms with E-state index < -0.39 is 4.92 Å². The van der Waals surface area contributed by atoms with Gasteiger partial charge in [-0.15, -0.1) is 0 Å². The van der Waals surface area contributed by atoms with E-state index in [1.54, 1.807) is 25.1 Å². The van der Waals surface area contributed by atoms with Gasteiger partial charge in [0.25, 0.3) is 5.69 Å². The molecule has 2 aromatic carbocycles. The first-order chi connectivity index (χ1) is 8.56. The molecule has 0 aliphatic heterocycles. The van der Waals surface area contributed by atoms with Gasteiger partial charge in [-0.25, -0.2) is 4.39 Å². The van der Waals surface area contributed by atoms with Gasteiger partial charge < -0.3 is 0 Å². The molecule has 0 atom stereocenters. The Kier molecular flexibility index (Phi) is 3.62. The Labute approximate surface area is 108 Å². The van der Waals surface area contributed by atoms with Crippen LogP contribution in [0.3, 0.4) is 0 Å². The third kappa shape index (κ3) is 2.87. The zero-order valence-electron chi connectivity index (χ0n) is 9.59. The van der Waals surface area contributed by atoms with Gasteiger partial charge in [0, 0.05) is 11.0 Å². The van der Waals surface area contributed by atoms with E-state index >= 15 is 0 Å². The Morgan fingerprint density at radius 3 is 2.44 bits per heavy atom. The molecule has 3 nitrogen and oxygen atoms in total. The zero-order chi connectivity index (χ0) is 13.1. The van der Waals surface area contributed by atoms with Crippen LogP contribution in [0, 0.1) is 22.9 Å². The van der Waals surface area contributed by atoms with Crippen LogP contribution in [0.4, 0.5) is 10.1 Å². The van der Waals surface area contributed by atoms with Crippen LogP contribution in [0.15, 0.2) is 52.3 Å². The van der Waals surface area contributed by atoms with Crippen LogP contribution in [0.2, 0.25) is 0 Å². The van der Waals surface area contributed by atoms with Crippen LogP contribution in [-0.4, -0.2) is 4.92 Å². The highest BCUT2D eigenvalue weighted by Gasteiger charge is 2.14. The molecule has 2 rings (SSSR count). The number of nitro benzene ring substituents is 1. The molecular formula is C13H10FNO2S. The molecule has 2 aromatic rings. The summed E-state index contributed by atoms with van der Waals surface area (Å²) in [4.78, 5) is 11.9. The summed E-state index contributed by atoms with van der Waals surface area (Å²) in [6, 6.07) is 10.9. The third-order valence-corrected chi connectivity index (χ3v) is 3.43. The Morgan fingerprint density at radius 1 is 1.17 bits per heavy atom. The molecule has 0 fully saturated rings. The van der Waals surface area contributed by atoms with Crippen molar-refractivity contribution in [3.05, 3.63) is 64.0 Å². The molecule has 0 heterocycles. The molecule has 0 N–H and O–H groups in total. The van der Waals surface area contributed by atoms with Gasteiger partial charge >= 0.3 is 0 Å². The molecule has 0 radical (unpaired) electrons. The van der Waals surface area contributed by atoms with Crippen LogP contribution in [0.25, 0.3) is 0 Å². The summed E-state index contributed by atoms with van der Waals surface area (Å²) in [6.07, 6.45) is 0. The molecule has 0 bridgehead atoms. The van der Waals surface area contributed by atoms with E-state index in [0.29, 0.717) is 4.90 Å². The first-order valence-corrected chi connectivity index (χ1v) is 6.06. The first kappa shape index (κ1) is 12.6. The number of hydrogen-bond donors (Lipinski definition) is 0.